The van der Waals surface area contributed by atoms with Crippen molar-refractivity contribution < 1.29 is 4.98 Å². The molecule has 0 fully saturated rings. The summed E-state index contributed by atoms with van der Waals surface area (Å²) in [5, 5.41) is 3.45. The topological polar surface area (TPSA) is 58.6 Å². The molecule has 3 aromatic heterocycles. The molecule has 0 unspecified atom stereocenters. The van der Waals surface area contributed by atoms with Gasteiger partial charge in [-0.3, -0.25) is 0 Å². The molecule has 4 nitrogen and oxygen atoms in total. The Bertz CT molecular complexity index is 1180. The predicted octanol–water partition coefficient (Wildman–Crippen LogP) is 4.18. The number of hydrogen-bond donors (Lipinski definition) is 2. The molecule has 0 radical (unpaired) electrons. The number of hydrogen-bond acceptors (Lipinski definition) is 1. The summed E-state index contributed by atoms with van der Waals surface area (Å²) in [4.78, 5) is 14.6. The summed E-state index contributed by atoms with van der Waals surface area (Å²) in [5.41, 5.74) is 4.31. The van der Waals surface area contributed by atoms with Crippen LogP contribution in [0.4, 0.5) is 0 Å². The van der Waals surface area contributed by atoms with Crippen LogP contribution in [-0.4, -0.2) is 15.0 Å². The maximum absolute atomic E-state index is 4.77. The Morgan fingerprint density at radius 1 is 0.917 bits per heavy atom. The molecule has 0 saturated carbocycles. The Labute approximate surface area is 137 Å². The Kier molecular flexibility index (Phi) is 2.76. The maximum atomic E-state index is 4.77. The number of nitrogens with one attached hydrogen (secondary N) is 3. The van der Waals surface area contributed by atoms with Crippen molar-refractivity contribution in [2.24, 2.45) is 0 Å². The first kappa shape index (κ1) is 13.1. The van der Waals surface area contributed by atoms with Gasteiger partial charge in [-0.1, -0.05) is 18.2 Å². The van der Waals surface area contributed by atoms with Gasteiger partial charge in [0.2, 0.25) is 0 Å². The molecule has 24 heavy (non-hydrogen) atoms. The number of fused-ring (bicyclic) bond motifs is 4. The quantitative estimate of drug-likeness (QED) is 0.505. The highest BCUT2D eigenvalue weighted by molar-refractivity contribution is 6.03. The molecule has 0 saturated heterocycles. The summed E-state index contributed by atoms with van der Waals surface area (Å²) < 4.78 is 0. The summed E-state index contributed by atoms with van der Waals surface area (Å²) >= 11 is 0. The monoisotopic (exact) mass is 311 g/mol. The van der Waals surface area contributed by atoms with Crippen molar-refractivity contribution >= 4 is 44.9 Å². The Morgan fingerprint density at radius 3 is 2.83 bits per heavy atom. The normalized spacial score (nSPS) is 12.0. The smallest absolute Gasteiger partial charge is 0.321 e. The van der Waals surface area contributed by atoms with Gasteiger partial charge < -0.3 is 9.97 Å². The van der Waals surface area contributed by atoms with E-state index in [1.54, 1.807) is 0 Å². The van der Waals surface area contributed by atoms with E-state index in [-0.39, 0.29) is 0 Å². The molecule has 3 N–H and O–H groups in total. The van der Waals surface area contributed by atoms with Crippen molar-refractivity contribution in [2.75, 3.05) is 0 Å². The minimum Gasteiger partial charge on any atom is -0.361 e. The van der Waals surface area contributed by atoms with E-state index in [0.29, 0.717) is 0 Å². The van der Waals surface area contributed by atoms with Gasteiger partial charge in [0.25, 0.3) is 0 Å². The second-order valence-corrected chi connectivity index (χ2v) is 5.87. The minimum absolute atomic E-state index is 0.829. The van der Waals surface area contributed by atoms with E-state index in [4.69, 9.17) is 4.98 Å². The van der Waals surface area contributed by atoms with Crippen LogP contribution in [0.15, 0.2) is 60.9 Å². The molecule has 4 heteroatoms. The van der Waals surface area contributed by atoms with Crippen molar-refractivity contribution in [2.45, 2.75) is 0 Å². The SMILES string of the molecule is C(=Cc1nc2c(ccc3[nH]ccc32)c[nH+]1)c1cc2ccccc2[nH]1. The first-order chi connectivity index (χ1) is 11.9. The van der Waals surface area contributed by atoms with Crippen molar-refractivity contribution in [3.8, 4) is 0 Å². The Hall–Kier alpha value is -3.40. The number of H-pyrrole nitrogens is 3. The van der Waals surface area contributed by atoms with Crippen LogP contribution in [0.1, 0.15) is 11.5 Å². The third-order valence-corrected chi connectivity index (χ3v) is 4.32. The fourth-order valence-electron chi connectivity index (χ4n) is 3.12. The van der Waals surface area contributed by atoms with Gasteiger partial charge in [0.05, 0.1) is 17.0 Å². The average molecular weight is 311 g/mol. The van der Waals surface area contributed by atoms with E-state index in [1.165, 1.54) is 5.39 Å². The summed E-state index contributed by atoms with van der Waals surface area (Å²) in [6, 6.07) is 16.6. The fourth-order valence-corrected chi connectivity index (χ4v) is 3.12. The highest BCUT2D eigenvalue weighted by Crippen LogP contribution is 2.22. The second kappa shape index (κ2) is 5.06. The number of para-hydroxylation sites is 1. The lowest BCUT2D eigenvalue weighted by atomic mass is 10.2. The minimum atomic E-state index is 0.829. The van der Waals surface area contributed by atoms with E-state index in [0.717, 1.165) is 38.8 Å². The first-order valence-corrected chi connectivity index (χ1v) is 7.91. The van der Waals surface area contributed by atoms with Crippen LogP contribution in [-0.2, 0) is 0 Å². The van der Waals surface area contributed by atoms with E-state index in [9.17, 15) is 0 Å². The fraction of sp³-hybridized carbons (Fsp3) is 0. The zero-order valence-corrected chi connectivity index (χ0v) is 12.9. The molecule has 5 rings (SSSR count). The number of benzene rings is 2. The molecular formula is C20H15N4+. The van der Waals surface area contributed by atoms with E-state index >= 15 is 0 Å². The highest BCUT2D eigenvalue weighted by Gasteiger charge is 2.10. The highest BCUT2D eigenvalue weighted by atomic mass is 14.9. The van der Waals surface area contributed by atoms with Crippen molar-refractivity contribution in [3.63, 3.8) is 0 Å². The number of nitrogens with zero attached hydrogens (tertiary/aromatic N) is 1. The standard InChI is InChI=1S/C20H14N4/c1-2-4-17-13(3-1)11-15(23-17)6-8-19-22-12-14-5-7-18-16(9-10-21-18)20(14)24-19/h1-12,21,23H/p+1. The van der Waals surface area contributed by atoms with Crippen LogP contribution in [0, 0.1) is 0 Å². The van der Waals surface area contributed by atoms with Crippen LogP contribution >= 0.6 is 0 Å². The third kappa shape index (κ3) is 2.08. The van der Waals surface area contributed by atoms with Crippen LogP contribution < -0.4 is 4.98 Å². The van der Waals surface area contributed by atoms with E-state index < -0.39 is 0 Å². The maximum Gasteiger partial charge on any atom is 0.321 e. The zero-order chi connectivity index (χ0) is 15.9. The summed E-state index contributed by atoms with van der Waals surface area (Å²) in [7, 11) is 0. The summed E-state index contributed by atoms with van der Waals surface area (Å²) in [5.74, 6) is 0.829. The molecule has 2 aromatic carbocycles. The van der Waals surface area contributed by atoms with Crippen LogP contribution in [0.2, 0.25) is 0 Å². The number of rotatable bonds is 2. The lowest BCUT2D eigenvalue weighted by Gasteiger charge is -1.93. The van der Waals surface area contributed by atoms with Gasteiger partial charge in [0.1, 0.15) is 0 Å². The van der Waals surface area contributed by atoms with Gasteiger partial charge in [-0.05, 0) is 46.8 Å². The van der Waals surface area contributed by atoms with Crippen molar-refractivity contribution in [1.82, 2.24) is 15.0 Å². The molecule has 114 valence electrons. The molecule has 5 aromatic rings. The number of aromatic amines is 3. The van der Waals surface area contributed by atoms with Crippen molar-refractivity contribution in [3.05, 3.63) is 72.4 Å². The van der Waals surface area contributed by atoms with Gasteiger partial charge in [0.15, 0.2) is 5.52 Å². The first-order valence-electron chi connectivity index (χ1n) is 7.91. The van der Waals surface area contributed by atoms with Gasteiger partial charge in [0, 0.05) is 29.0 Å². The van der Waals surface area contributed by atoms with E-state index in [2.05, 4.69) is 51.4 Å². The molecule has 3 heterocycles. The van der Waals surface area contributed by atoms with E-state index in [1.807, 2.05) is 36.7 Å². The molecule has 0 atom stereocenters. The van der Waals surface area contributed by atoms with Gasteiger partial charge in [-0.2, -0.15) is 0 Å². The molecule has 0 aliphatic carbocycles. The molecule has 0 spiro atoms. The largest absolute Gasteiger partial charge is 0.361 e. The average Bonchev–Trinajstić information content (AvgIpc) is 3.26. The van der Waals surface area contributed by atoms with Gasteiger partial charge >= 0.3 is 5.82 Å². The molecular weight excluding hydrogens is 296 g/mol. The van der Waals surface area contributed by atoms with Gasteiger partial charge in [-0.15, -0.1) is 0 Å². The zero-order valence-electron chi connectivity index (χ0n) is 12.9. The summed E-state index contributed by atoms with van der Waals surface area (Å²) in [6.07, 6.45) is 7.99. The predicted molar refractivity (Wildman–Crippen MR) is 97.4 cm³/mol. The second-order valence-electron chi connectivity index (χ2n) is 5.87. The van der Waals surface area contributed by atoms with Crippen LogP contribution in [0.5, 0.6) is 0 Å². The van der Waals surface area contributed by atoms with Crippen LogP contribution in [0.25, 0.3) is 44.9 Å². The third-order valence-electron chi connectivity index (χ3n) is 4.32. The van der Waals surface area contributed by atoms with Crippen molar-refractivity contribution in [1.29, 1.82) is 0 Å². The number of aromatic nitrogens is 4. The van der Waals surface area contributed by atoms with Gasteiger partial charge in [-0.25, -0.2) is 4.98 Å². The molecule has 0 aliphatic heterocycles. The lowest BCUT2D eigenvalue weighted by molar-refractivity contribution is -0.383. The molecule has 0 aliphatic rings. The molecule has 0 bridgehead atoms. The van der Waals surface area contributed by atoms with Crippen LogP contribution in [0.3, 0.4) is 0 Å². The molecule has 0 amide bonds. The lowest BCUT2D eigenvalue weighted by Crippen LogP contribution is -2.09. The Balaban J connectivity index is 1.58. The summed E-state index contributed by atoms with van der Waals surface area (Å²) in [6.45, 7) is 0. The Morgan fingerprint density at radius 2 is 1.88 bits per heavy atom.